The van der Waals surface area contributed by atoms with Gasteiger partial charge < -0.3 is 10.2 Å². The molecule has 0 radical (unpaired) electrons. The van der Waals surface area contributed by atoms with Gasteiger partial charge in [0.1, 0.15) is 6.04 Å². The van der Waals surface area contributed by atoms with Crippen molar-refractivity contribution in [3.8, 4) is 0 Å². The molecule has 16 heavy (non-hydrogen) atoms. The van der Waals surface area contributed by atoms with Gasteiger partial charge in [0.15, 0.2) is 0 Å². The van der Waals surface area contributed by atoms with Gasteiger partial charge >= 0.3 is 0 Å². The molecule has 2 aliphatic rings. The van der Waals surface area contributed by atoms with Crippen LogP contribution in [0.2, 0.25) is 0 Å². The van der Waals surface area contributed by atoms with Gasteiger partial charge in [-0.2, -0.15) is 0 Å². The summed E-state index contributed by atoms with van der Waals surface area (Å²) >= 11 is 0. The van der Waals surface area contributed by atoms with Gasteiger partial charge in [0.25, 0.3) is 0 Å². The Morgan fingerprint density at radius 3 is 3.00 bits per heavy atom. The highest BCUT2D eigenvalue weighted by Gasteiger charge is 2.28. The van der Waals surface area contributed by atoms with Gasteiger partial charge in [0.05, 0.1) is 6.54 Å². The largest absolute Gasteiger partial charge is 0.353 e. The fraction of sp³-hybridized carbons (Fsp3) is 0.636. The molecule has 0 aromatic carbocycles. The average molecular weight is 223 g/mol. The first-order valence-corrected chi connectivity index (χ1v) is 5.61. The van der Waals surface area contributed by atoms with E-state index < -0.39 is 0 Å². The molecule has 5 heteroatoms. The van der Waals surface area contributed by atoms with Crippen molar-refractivity contribution in [3.05, 3.63) is 11.6 Å². The number of amides is 2. The lowest BCUT2D eigenvalue weighted by Crippen LogP contribution is -2.59. The molecular weight excluding hydrogens is 206 g/mol. The summed E-state index contributed by atoms with van der Waals surface area (Å²) in [6.45, 7) is 4.17. The SMILES string of the molecule is CC1=CCCN(C(=O)C2CNC(=O)CN2)C1. The van der Waals surface area contributed by atoms with Gasteiger partial charge in [-0.05, 0) is 13.3 Å². The minimum Gasteiger partial charge on any atom is -0.353 e. The van der Waals surface area contributed by atoms with Gasteiger partial charge in [-0.3, -0.25) is 14.9 Å². The van der Waals surface area contributed by atoms with Crippen LogP contribution in [-0.2, 0) is 9.59 Å². The Labute approximate surface area is 94.9 Å². The van der Waals surface area contributed by atoms with E-state index in [1.165, 1.54) is 5.57 Å². The van der Waals surface area contributed by atoms with Gasteiger partial charge in [0.2, 0.25) is 11.8 Å². The smallest absolute Gasteiger partial charge is 0.241 e. The van der Waals surface area contributed by atoms with Crippen molar-refractivity contribution in [2.75, 3.05) is 26.2 Å². The fourth-order valence-electron chi connectivity index (χ4n) is 2.06. The minimum absolute atomic E-state index is 0.0428. The van der Waals surface area contributed by atoms with Crippen molar-refractivity contribution < 1.29 is 9.59 Å². The Balaban J connectivity index is 1.92. The fourth-order valence-corrected chi connectivity index (χ4v) is 2.06. The van der Waals surface area contributed by atoms with E-state index in [1.807, 2.05) is 11.8 Å². The molecule has 1 fully saturated rings. The molecule has 2 amide bonds. The summed E-state index contributed by atoms with van der Waals surface area (Å²) in [5.41, 5.74) is 1.24. The van der Waals surface area contributed by atoms with Crippen molar-refractivity contribution in [3.63, 3.8) is 0 Å². The Kier molecular flexibility index (Phi) is 3.24. The van der Waals surface area contributed by atoms with Gasteiger partial charge in [0, 0.05) is 19.6 Å². The van der Waals surface area contributed by atoms with Crippen LogP contribution < -0.4 is 10.6 Å². The van der Waals surface area contributed by atoms with Crippen molar-refractivity contribution in [2.24, 2.45) is 0 Å². The molecule has 0 saturated carbocycles. The number of nitrogens with one attached hydrogen (secondary N) is 2. The maximum absolute atomic E-state index is 12.1. The first kappa shape index (κ1) is 11.1. The molecule has 2 N–H and O–H groups in total. The molecule has 1 atom stereocenters. The minimum atomic E-state index is -0.261. The lowest BCUT2D eigenvalue weighted by Gasteiger charge is -2.32. The summed E-state index contributed by atoms with van der Waals surface area (Å²) in [5, 5.41) is 5.66. The monoisotopic (exact) mass is 223 g/mol. The van der Waals surface area contributed by atoms with E-state index in [0.29, 0.717) is 13.1 Å². The number of carbonyl (C=O) groups is 2. The van der Waals surface area contributed by atoms with Crippen molar-refractivity contribution >= 4 is 11.8 Å². The van der Waals surface area contributed by atoms with Crippen LogP contribution in [0.3, 0.4) is 0 Å². The lowest BCUT2D eigenvalue weighted by atomic mass is 10.1. The highest BCUT2D eigenvalue weighted by Crippen LogP contribution is 2.10. The average Bonchev–Trinajstić information content (AvgIpc) is 2.29. The molecular formula is C11H17N3O2. The molecule has 0 aromatic heterocycles. The van der Waals surface area contributed by atoms with Gasteiger partial charge in [-0.15, -0.1) is 0 Å². The zero-order chi connectivity index (χ0) is 11.5. The van der Waals surface area contributed by atoms with Crippen LogP contribution in [0.25, 0.3) is 0 Å². The molecule has 88 valence electrons. The lowest BCUT2D eigenvalue weighted by molar-refractivity contribution is -0.134. The van der Waals surface area contributed by atoms with Crippen molar-refractivity contribution in [1.29, 1.82) is 0 Å². The quantitative estimate of drug-likeness (QED) is 0.575. The second-order valence-corrected chi connectivity index (χ2v) is 4.34. The Hall–Kier alpha value is -1.36. The summed E-state index contributed by atoms with van der Waals surface area (Å²) < 4.78 is 0. The van der Waals surface area contributed by atoms with Crippen LogP contribution in [0, 0.1) is 0 Å². The summed E-state index contributed by atoms with van der Waals surface area (Å²) in [5.74, 6) is 0.0474. The third-order valence-corrected chi connectivity index (χ3v) is 2.95. The van der Waals surface area contributed by atoms with Gasteiger partial charge in [-0.25, -0.2) is 0 Å². The highest BCUT2D eigenvalue weighted by molar-refractivity contribution is 5.87. The zero-order valence-corrected chi connectivity index (χ0v) is 9.45. The van der Waals surface area contributed by atoms with Crippen LogP contribution in [0.15, 0.2) is 11.6 Å². The maximum atomic E-state index is 12.1. The summed E-state index contributed by atoms with van der Waals surface area (Å²) in [6.07, 6.45) is 3.09. The van der Waals surface area contributed by atoms with E-state index in [-0.39, 0.29) is 24.4 Å². The van der Waals surface area contributed by atoms with Crippen molar-refractivity contribution in [2.45, 2.75) is 19.4 Å². The zero-order valence-electron chi connectivity index (χ0n) is 9.45. The molecule has 0 aliphatic carbocycles. The number of piperazine rings is 1. The molecule has 2 heterocycles. The topological polar surface area (TPSA) is 61.4 Å². The number of hydrogen-bond acceptors (Lipinski definition) is 3. The predicted molar refractivity (Wildman–Crippen MR) is 59.8 cm³/mol. The Morgan fingerprint density at radius 1 is 1.56 bits per heavy atom. The number of nitrogens with zero attached hydrogens (tertiary/aromatic N) is 1. The number of rotatable bonds is 1. The molecule has 5 nitrogen and oxygen atoms in total. The molecule has 1 saturated heterocycles. The molecule has 0 bridgehead atoms. The third kappa shape index (κ3) is 2.41. The van der Waals surface area contributed by atoms with Crippen LogP contribution in [0.1, 0.15) is 13.3 Å². The first-order valence-electron chi connectivity index (χ1n) is 5.61. The van der Waals surface area contributed by atoms with Crippen LogP contribution in [0.5, 0.6) is 0 Å². The second-order valence-electron chi connectivity index (χ2n) is 4.34. The van der Waals surface area contributed by atoms with E-state index in [4.69, 9.17) is 0 Å². The second kappa shape index (κ2) is 4.65. The first-order chi connectivity index (χ1) is 7.66. The molecule has 0 spiro atoms. The van der Waals surface area contributed by atoms with Crippen molar-refractivity contribution in [1.82, 2.24) is 15.5 Å². The summed E-state index contributed by atoms with van der Waals surface area (Å²) in [7, 11) is 0. The highest BCUT2D eigenvalue weighted by atomic mass is 16.2. The third-order valence-electron chi connectivity index (χ3n) is 2.95. The van der Waals surface area contributed by atoms with Crippen LogP contribution >= 0.6 is 0 Å². The van der Waals surface area contributed by atoms with Crippen LogP contribution in [-0.4, -0.2) is 48.9 Å². The Bertz CT molecular complexity index is 328. The predicted octanol–water partition coefficient (Wildman–Crippen LogP) is -0.747. The van der Waals surface area contributed by atoms with E-state index in [2.05, 4.69) is 16.7 Å². The Morgan fingerprint density at radius 2 is 2.38 bits per heavy atom. The van der Waals surface area contributed by atoms with Crippen LogP contribution in [0.4, 0.5) is 0 Å². The van der Waals surface area contributed by atoms with E-state index in [0.717, 1.165) is 13.0 Å². The summed E-state index contributed by atoms with van der Waals surface area (Å²) in [4.78, 5) is 24.9. The number of hydrogen-bond donors (Lipinski definition) is 2. The van der Waals surface area contributed by atoms with E-state index in [1.54, 1.807) is 0 Å². The normalized spacial score (nSPS) is 26.1. The number of carbonyl (C=O) groups excluding carboxylic acids is 2. The van der Waals surface area contributed by atoms with E-state index >= 15 is 0 Å². The standard InChI is InChI=1S/C11H17N3O2/c1-8-3-2-4-14(7-8)11(16)9-5-13-10(15)6-12-9/h3,9,12H,2,4-7H2,1H3,(H,13,15). The van der Waals surface area contributed by atoms with E-state index in [9.17, 15) is 9.59 Å². The maximum Gasteiger partial charge on any atom is 0.241 e. The van der Waals surface area contributed by atoms with Gasteiger partial charge in [-0.1, -0.05) is 11.6 Å². The molecule has 0 aromatic rings. The summed E-state index contributed by atoms with van der Waals surface area (Å²) in [6, 6.07) is -0.261. The molecule has 2 aliphatic heterocycles. The molecule has 2 rings (SSSR count). The molecule has 1 unspecified atom stereocenters.